The van der Waals surface area contributed by atoms with Crippen LogP contribution in [0.25, 0.3) is 6.08 Å². The second-order valence-electron chi connectivity index (χ2n) is 6.02. The zero-order chi connectivity index (χ0) is 21.9. The van der Waals surface area contributed by atoms with Crippen molar-refractivity contribution in [2.45, 2.75) is 6.92 Å². The molecule has 0 amide bonds. The normalized spacial score (nSPS) is 10.2. The van der Waals surface area contributed by atoms with Crippen molar-refractivity contribution in [1.82, 2.24) is 9.97 Å². The molecule has 0 spiro atoms. The smallest absolute Gasteiger partial charge is 0.341 e. The number of pyridine rings is 2. The van der Waals surface area contributed by atoms with Gasteiger partial charge in [0.2, 0.25) is 0 Å². The lowest BCUT2D eigenvalue weighted by molar-refractivity contribution is -0.139. The van der Waals surface area contributed by atoms with Crippen LogP contribution in [0.3, 0.4) is 0 Å². The number of carboxylic acid groups (broad SMARTS) is 1. The highest BCUT2D eigenvalue weighted by Gasteiger charge is 2.13. The van der Waals surface area contributed by atoms with Crippen LogP contribution in [0.4, 0.5) is 0 Å². The van der Waals surface area contributed by atoms with Crippen molar-refractivity contribution in [2.24, 2.45) is 0 Å². The Balaban J connectivity index is 0.000000456. The fraction of sp³-hybridized carbons (Fsp3) is 0.0909. The molecule has 0 bridgehead atoms. The summed E-state index contributed by atoms with van der Waals surface area (Å²) in [7, 11) is 0. The molecule has 3 rings (SSSR count). The highest BCUT2D eigenvalue weighted by atomic mass is 16.5. The van der Waals surface area contributed by atoms with Crippen molar-refractivity contribution in [2.75, 3.05) is 6.61 Å². The van der Waals surface area contributed by atoms with Crippen LogP contribution in [0, 0.1) is 6.92 Å². The third kappa shape index (κ3) is 7.08. The number of carbonyl (C=O) groups excluding carboxylic acids is 1. The fourth-order valence-electron chi connectivity index (χ4n) is 2.33. The maximum absolute atomic E-state index is 12.1. The summed E-state index contributed by atoms with van der Waals surface area (Å²) in [6.07, 6.45) is 6.09. The molecule has 2 aromatic heterocycles. The van der Waals surface area contributed by atoms with E-state index >= 15 is 0 Å². The summed E-state index contributed by atoms with van der Waals surface area (Å²) in [4.78, 5) is 40.6. The molecule has 8 nitrogen and oxygen atoms in total. The molecule has 0 aliphatic carbocycles. The Bertz CT molecular complexity index is 1060. The number of nitrogens with one attached hydrogen (secondary N) is 1. The van der Waals surface area contributed by atoms with Crippen LogP contribution in [0.15, 0.2) is 71.8 Å². The van der Waals surface area contributed by atoms with Gasteiger partial charge in [0.15, 0.2) is 12.4 Å². The number of allylic oxidation sites excluding steroid dienone is 1. The number of hydrogen-bond acceptors (Lipinski definition) is 6. The van der Waals surface area contributed by atoms with Gasteiger partial charge in [-0.15, -0.1) is 0 Å². The molecule has 0 aliphatic heterocycles. The molecule has 3 aromatic rings. The molecule has 1 aromatic carbocycles. The van der Waals surface area contributed by atoms with Gasteiger partial charge in [0.05, 0.1) is 0 Å². The zero-order valence-electron chi connectivity index (χ0n) is 16.1. The summed E-state index contributed by atoms with van der Waals surface area (Å²) < 4.78 is 5.04. The van der Waals surface area contributed by atoms with Gasteiger partial charge in [-0.05, 0) is 48.9 Å². The molecule has 0 atom stereocenters. The number of H-pyrrole nitrogens is 1. The molecular weight excluding hydrogens is 388 g/mol. The highest BCUT2D eigenvalue weighted by Crippen LogP contribution is 2.17. The molecule has 0 unspecified atom stereocenters. The molecule has 0 aliphatic rings. The van der Waals surface area contributed by atoms with E-state index in [9.17, 15) is 19.5 Å². The summed E-state index contributed by atoms with van der Waals surface area (Å²) in [6, 6.07) is 13.5. The molecule has 2 heterocycles. The second-order valence-corrected chi connectivity index (χ2v) is 6.02. The van der Waals surface area contributed by atoms with Gasteiger partial charge in [0, 0.05) is 18.1 Å². The molecule has 8 heteroatoms. The van der Waals surface area contributed by atoms with Crippen molar-refractivity contribution < 1.29 is 24.5 Å². The molecular formula is C22H20N2O6. The minimum Gasteiger partial charge on any atom is -0.507 e. The van der Waals surface area contributed by atoms with Crippen molar-refractivity contribution in [3.8, 4) is 11.5 Å². The third-order valence-electron chi connectivity index (χ3n) is 3.61. The van der Waals surface area contributed by atoms with E-state index in [1.807, 2.05) is 18.2 Å². The summed E-state index contributed by atoms with van der Waals surface area (Å²) >= 11 is 0. The van der Waals surface area contributed by atoms with Crippen LogP contribution in [-0.4, -0.2) is 38.5 Å². The second kappa shape index (κ2) is 11.0. The number of nitrogens with zero attached hydrogens (tertiary/aromatic N) is 1. The van der Waals surface area contributed by atoms with Gasteiger partial charge in [-0.1, -0.05) is 24.3 Å². The van der Waals surface area contributed by atoms with Gasteiger partial charge >= 0.3 is 5.97 Å². The predicted octanol–water partition coefficient (Wildman–Crippen LogP) is 2.83. The minimum absolute atomic E-state index is 0.336. The van der Waals surface area contributed by atoms with Gasteiger partial charge in [-0.25, -0.2) is 4.79 Å². The average molecular weight is 408 g/mol. The number of aryl methyl sites for hydroxylation is 1. The Labute approximate surface area is 172 Å². The molecule has 154 valence electrons. The predicted molar refractivity (Wildman–Crippen MR) is 111 cm³/mol. The Hall–Kier alpha value is -4.20. The molecule has 0 saturated heterocycles. The van der Waals surface area contributed by atoms with Crippen LogP contribution in [0.2, 0.25) is 0 Å². The van der Waals surface area contributed by atoms with Crippen molar-refractivity contribution in [3.05, 3.63) is 94.2 Å². The number of rotatable bonds is 6. The first-order valence-electron chi connectivity index (χ1n) is 8.82. The SMILES string of the molecule is Cc1cc(O)c(C(=O)C=Cc2cccc(OCC(=O)O)c2)c(=O)[nH]1.c1ccncc1. The maximum atomic E-state index is 12.1. The Kier molecular flexibility index (Phi) is 8.07. The van der Waals surface area contributed by atoms with E-state index < -0.39 is 23.9 Å². The Morgan fingerprint density at radius 2 is 1.87 bits per heavy atom. The van der Waals surface area contributed by atoms with Crippen molar-refractivity contribution in [1.29, 1.82) is 0 Å². The molecule has 3 N–H and O–H groups in total. The number of aromatic nitrogens is 2. The van der Waals surface area contributed by atoms with Gasteiger partial charge in [-0.3, -0.25) is 14.6 Å². The van der Waals surface area contributed by atoms with Crippen LogP contribution in [0.1, 0.15) is 21.6 Å². The molecule has 0 radical (unpaired) electrons. The van der Waals surface area contributed by atoms with E-state index in [0.717, 1.165) is 6.08 Å². The lowest BCUT2D eigenvalue weighted by atomic mass is 10.1. The molecule has 0 saturated carbocycles. The lowest BCUT2D eigenvalue weighted by Gasteiger charge is -2.04. The van der Waals surface area contributed by atoms with E-state index in [2.05, 4.69) is 9.97 Å². The number of ether oxygens (including phenoxy) is 1. The van der Waals surface area contributed by atoms with Crippen LogP contribution in [-0.2, 0) is 4.79 Å². The zero-order valence-corrected chi connectivity index (χ0v) is 16.1. The topological polar surface area (TPSA) is 130 Å². The first-order chi connectivity index (χ1) is 14.4. The van der Waals surface area contributed by atoms with Crippen LogP contribution >= 0.6 is 0 Å². The van der Waals surface area contributed by atoms with Crippen LogP contribution < -0.4 is 10.3 Å². The van der Waals surface area contributed by atoms with Crippen LogP contribution in [0.5, 0.6) is 11.5 Å². The summed E-state index contributed by atoms with van der Waals surface area (Å²) in [6.45, 7) is 1.12. The van der Waals surface area contributed by atoms with E-state index in [1.54, 1.807) is 43.6 Å². The first kappa shape index (κ1) is 22.1. The number of ketones is 1. The van der Waals surface area contributed by atoms with E-state index in [0.29, 0.717) is 17.0 Å². The number of aromatic hydroxyl groups is 1. The Morgan fingerprint density at radius 3 is 2.43 bits per heavy atom. The summed E-state index contributed by atoms with van der Waals surface area (Å²) in [5.74, 6) is -1.79. The van der Waals surface area contributed by atoms with Gasteiger partial charge in [0.25, 0.3) is 5.56 Å². The van der Waals surface area contributed by atoms with E-state index in [4.69, 9.17) is 9.84 Å². The fourth-order valence-corrected chi connectivity index (χ4v) is 2.33. The number of hydrogen-bond donors (Lipinski definition) is 3. The van der Waals surface area contributed by atoms with Gasteiger partial charge in [-0.2, -0.15) is 0 Å². The molecule has 0 fully saturated rings. The number of aromatic amines is 1. The number of carboxylic acids is 1. The van der Waals surface area contributed by atoms with Crippen molar-refractivity contribution in [3.63, 3.8) is 0 Å². The minimum atomic E-state index is -1.10. The third-order valence-corrected chi connectivity index (χ3v) is 3.61. The lowest BCUT2D eigenvalue weighted by Crippen LogP contribution is -2.17. The quantitative estimate of drug-likeness (QED) is 0.422. The number of aliphatic carboxylic acids is 1. The summed E-state index contributed by atoms with van der Waals surface area (Å²) in [5, 5.41) is 18.3. The highest BCUT2D eigenvalue weighted by molar-refractivity contribution is 6.08. The standard InChI is InChI=1S/C17H15NO6.C5H5N/c1-10-7-14(20)16(17(23)18-10)13(19)6-5-11-3-2-4-12(8-11)24-9-15(21)22;1-2-4-6-5-3-1/h2-8H,9H2,1H3,(H,21,22)(H2,18,20,23);1-5H. The van der Waals surface area contributed by atoms with E-state index in [-0.39, 0.29) is 11.3 Å². The van der Waals surface area contributed by atoms with Crippen molar-refractivity contribution >= 4 is 17.8 Å². The Morgan fingerprint density at radius 1 is 1.13 bits per heavy atom. The largest absolute Gasteiger partial charge is 0.507 e. The maximum Gasteiger partial charge on any atom is 0.341 e. The van der Waals surface area contributed by atoms with E-state index in [1.165, 1.54) is 12.1 Å². The number of benzene rings is 1. The molecule has 30 heavy (non-hydrogen) atoms. The van der Waals surface area contributed by atoms with Gasteiger partial charge in [0.1, 0.15) is 17.1 Å². The number of carbonyl (C=O) groups is 2. The monoisotopic (exact) mass is 408 g/mol. The summed E-state index contributed by atoms with van der Waals surface area (Å²) in [5.41, 5.74) is 0.0198. The van der Waals surface area contributed by atoms with Gasteiger partial charge < -0.3 is 19.9 Å². The first-order valence-corrected chi connectivity index (χ1v) is 8.82. The average Bonchev–Trinajstić information content (AvgIpc) is 2.72.